The molecule has 1 saturated heterocycles. The number of hydrogen-bond donors (Lipinski definition) is 1. The highest BCUT2D eigenvalue weighted by atomic mass is 16.5. The number of fused-ring (bicyclic) bond motifs is 2. The van der Waals surface area contributed by atoms with Crippen LogP contribution in [0.15, 0.2) is 40.9 Å². The number of rotatable bonds is 6. The second-order valence-corrected chi connectivity index (χ2v) is 9.38. The van der Waals surface area contributed by atoms with Gasteiger partial charge >= 0.3 is 5.97 Å². The van der Waals surface area contributed by atoms with Gasteiger partial charge in [0.2, 0.25) is 5.82 Å². The SMILES string of the molecule is CC(C)Oc1ccc(-c2nc(-c3cccc4c3CC[C@@]43CCN(CC(=O)O)C3)no2)cc1C#N. The maximum Gasteiger partial charge on any atom is 0.317 e. The normalized spacial score (nSPS) is 19.5. The number of aromatic nitrogens is 2. The number of likely N-dealkylation sites (tertiary alicyclic amines) is 1. The van der Waals surface area contributed by atoms with Crippen molar-refractivity contribution in [3.63, 3.8) is 0 Å². The summed E-state index contributed by atoms with van der Waals surface area (Å²) < 4.78 is 11.3. The van der Waals surface area contributed by atoms with Crippen LogP contribution < -0.4 is 4.74 Å². The molecule has 2 aliphatic rings. The molecule has 2 heterocycles. The molecular weight excluding hydrogens is 432 g/mol. The van der Waals surface area contributed by atoms with Crippen LogP contribution in [-0.2, 0) is 16.6 Å². The molecule has 0 radical (unpaired) electrons. The zero-order chi connectivity index (χ0) is 23.9. The average molecular weight is 459 g/mol. The van der Waals surface area contributed by atoms with E-state index in [0.717, 1.165) is 37.9 Å². The fourth-order valence-corrected chi connectivity index (χ4v) is 5.33. The third kappa shape index (κ3) is 3.93. The van der Waals surface area contributed by atoms with Crippen LogP contribution in [0.2, 0.25) is 0 Å². The molecular formula is C26H26N4O4. The van der Waals surface area contributed by atoms with Crippen LogP contribution in [0.4, 0.5) is 0 Å². The van der Waals surface area contributed by atoms with Crippen molar-refractivity contribution in [3.05, 3.63) is 53.1 Å². The summed E-state index contributed by atoms with van der Waals surface area (Å²) in [5.41, 5.74) is 4.50. The van der Waals surface area contributed by atoms with Crippen molar-refractivity contribution in [1.29, 1.82) is 5.26 Å². The summed E-state index contributed by atoms with van der Waals surface area (Å²) in [6.45, 7) is 5.46. The lowest BCUT2D eigenvalue weighted by Gasteiger charge is -2.25. The largest absolute Gasteiger partial charge is 0.490 e. The molecule has 0 saturated carbocycles. The van der Waals surface area contributed by atoms with Crippen molar-refractivity contribution >= 4 is 5.97 Å². The Morgan fingerprint density at radius 1 is 1.32 bits per heavy atom. The average Bonchev–Trinajstić information content (AvgIpc) is 3.53. The van der Waals surface area contributed by atoms with Crippen LogP contribution in [0.1, 0.15) is 43.4 Å². The number of hydrogen-bond acceptors (Lipinski definition) is 7. The first-order valence-corrected chi connectivity index (χ1v) is 11.5. The van der Waals surface area contributed by atoms with Crippen molar-refractivity contribution < 1.29 is 19.2 Å². The van der Waals surface area contributed by atoms with Crippen LogP contribution in [0, 0.1) is 11.3 Å². The Morgan fingerprint density at radius 2 is 2.18 bits per heavy atom. The maximum absolute atomic E-state index is 11.2. The van der Waals surface area contributed by atoms with E-state index < -0.39 is 5.97 Å². The molecule has 174 valence electrons. The zero-order valence-electron chi connectivity index (χ0n) is 19.2. The lowest BCUT2D eigenvalue weighted by atomic mass is 9.81. The summed E-state index contributed by atoms with van der Waals surface area (Å²) in [7, 11) is 0. The van der Waals surface area contributed by atoms with Crippen molar-refractivity contribution in [2.24, 2.45) is 0 Å². The quantitative estimate of drug-likeness (QED) is 0.589. The Kier molecular flexibility index (Phi) is 5.58. The highest BCUT2D eigenvalue weighted by molar-refractivity contribution is 5.70. The van der Waals surface area contributed by atoms with Gasteiger partial charge in [0, 0.05) is 23.1 Å². The summed E-state index contributed by atoms with van der Waals surface area (Å²) in [6, 6.07) is 13.6. The maximum atomic E-state index is 11.2. The minimum atomic E-state index is -0.785. The van der Waals surface area contributed by atoms with E-state index in [2.05, 4.69) is 22.3 Å². The first-order chi connectivity index (χ1) is 16.4. The molecule has 1 atom stereocenters. The summed E-state index contributed by atoms with van der Waals surface area (Å²) in [4.78, 5) is 17.8. The molecule has 8 nitrogen and oxygen atoms in total. The molecule has 5 rings (SSSR count). The summed E-state index contributed by atoms with van der Waals surface area (Å²) in [5, 5.41) is 23.0. The molecule has 0 amide bonds. The van der Waals surface area contributed by atoms with Gasteiger partial charge in [-0.3, -0.25) is 9.69 Å². The standard InChI is InChI=1S/C26H26N4O4/c1-16(2)33-22-7-6-17(12-18(22)13-27)25-28-24(29-34-25)20-4-3-5-21-19(20)8-9-26(21)10-11-30(15-26)14-23(31)32/h3-7,12,16H,8-11,14-15H2,1-2H3,(H,31,32)/t26-/m0/s1. The third-order valence-corrected chi connectivity index (χ3v) is 6.77. The monoisotopic (exact) mass is 458 g/mol. The number of nitrogens with zero attached hydrogens (tertiary/aromatic N) is 4. The first-order valence-electron chi connectivity index (χ1n) is 11.5. The minimum absolute atomic E-state index is 0.0126. The number of aliphatic carboxylic acids is 1. The molecule has 1 fully saturated rings. The number of benzene rings is 2. The van der Waals surface area contributed by atoms with E-state index in [4.69, 9.17) is 9.26 Å². The van der Waals surface area contributed by atoms with Crippen molar-refractivity contribution in [1.82, 2.24) is 15.0 Å². The second-order valence-electron chi connectivity index (χ2n) is 9.38. The minimum Gasteiger partial charge on any atom is -0.490 e. The van der Waals surface area contributed by atoms with Gasteiger partial charge in [0.25, 0.3) is 5.89 Å². The predicted octanol–water partition coefficient (Wildman–Crippen LogP) is 4.04. The Balaban J connectivity index is 1.44. The molecule has 3 aromatic rings. The molecule has 0 unspecified atom stereocenters. The number of carboxylic acids is 1. The Bertz CT molecular complexity index is 1290. The van der Waals surface area contributed by atoms with Crippen LogP contribution in [0.3, 0.4) is 0 Å². The highest BCUT2D eigenvalue weighted by Crippen LogP contribution is 2.47. The summed E-state index contributed by atoms with van der Waals surface area (Å²) >= 11 is 0. The predicted molar refractivity (Wildman–Crippen MR) is 124 cm³/mol. The van der Waals surface area contributed by atoms with Gasteiger partial charge in [-0.1, -0.05) is 23.4 Å². The number of carboxylic acid groups (broad SMARTS) is 1. The van der Waals surface area contributed by atoms with Gasteiger partial charge in [0.1, 0.15) is 11.8 Å². The topological polar surface area (TPSA) is 112 Å². The first kappa shape index (κ1) is 22.1. The second kappa shape index (κ2) is 8.58. The van der Waals surface area contributed by atoms with E-state index in [9.17, 15) is 15.2 Å². The summed E-state index contributed by atoms with van der Waals surface area (Å²) in [6.07, 6.45) is 2.81. The fraction of sp³-hybridized carbons (Fsp3) is 0.385. The molecule has 8 heteroatoms. The Hall–Kier alpha value is -3.70. The lowest BCUT2D eigenvalue weighted by Crippen LogP contribution is -2.32. The molecule has 2 aromatic carbocycles. The van der Waals surface area contributed by atoms with Gasteiger partial charge in [-0.15, -0.1) is 0 Å². The van der Waals surface area contributed by atoms with E-state index in [1.807, 2.05) is 36.9 Å². The van der Waals surface area contributed by atoms with Gasteiger partial charge in [-0.2, -0.15) is 10.2 Å². The van der Waals surface area contributed by atoms with Gasteiger partial charge in [-0.05, 0) is 69.0 Å². The van der Waals surface area contributed by atoms with Crippen LogP contribution in [0.25, 0.3) is 22.8 Å². The van der Waals surface area contributed by atoms with Gasteiger partial charge < -0.3 is 14.4 Å². The van der Waals surface area contributed by atoms with Gasteiger partial charge in [0.15, 0.2) is 0 Å². The van der Waals surface area contributed by atoms with E-state index in [1.54, 1.807) is 12.1 Å². The van der Waals surface area contributed by atoms with E-state index in [0.29, 0.717) is 28.6 Å². The van der Waals surface area contributed by atoms with E-state index in [-0.39, 0.29) is 18.1 Å². The molecule has 1 aromatic heterocycles. The summed E-state index contributed by atoms with van der Waals surface area (Å²) in [5.74, 6) is 0.610. The van der Waals surface area contributed by atoms with Gasteiger partial charge in [-0.25, -0.2) is 0 Å². The lowest BCUT2D eigenvalue weighted by molar-refractivity contribution is -0.138. The Labute approximate surface area is 197 Å². The van der Waals surface area contributed by atoms with Crippen molar-refractivity contribution in [2.75, 3.05) is 19.6 Å². The molecule has 1 spiro atoms. The third-order valence-electron chi connectivity index (χ3n) is 6.77. The van der Waals surface area contributed by atoms with Gasteiger partial charge in [0.05, 0.1) is 18.2 Å². The number of nitriles is 1. The van der Waals surface area contributed by atoms with Crippen molar-refractivity contribution in [2.45, 2.75) is 44.6 Å². The fourth-order valence-electron chi connectivity index (χ4n) is 5.33. The molecule has 1 N–H and O–H groups in total. The smallest absolute Gasteiger partial charge is 0.317 e. The highest BCUT2D eigenvalue weighted by Gasteiger charge is 2.45. The Morgan fingerprint density at radius 3 is 2.94 bits per heavy atom. The molecule has 0 bridgehead atoms. The van der Waals surface area contributed by atoms with Crippen LogP contribution in [-0.4, -0.2) is 51.9 Å². The number of ether oxygens (including phenoxy) is 1. The molecule has 34 heavy (non-hydrogen) atoms. The number of carbonyl (C=O) groups is 1. The zero-order valence-corrected chi connectivity index (χ0v) is 19.2. The van der Waals surface area contributed by atoms with E-state index in [1.165, 1.54) is 11.1 Å². The molecule has 1 aliphatic heterocycles. The van der Waals surface area contributed by atoms with Crippen LogP contribution >= 0.6 is 0 Å². The molecule has 1 aliphatic carbocycles. The van der Waals surface area contributed by atoms with Crippen LogP contribution in [0.5, 0.6) is 5.75 Å². The van der Waals surface area contributed by atoms with Crippen molar-refractivity contribution in [3.8, 4) is 34.7 Å². The van der Waals surface area contributed by atoms with E-state index >= 15 is 0 Å².